The molecule has 430 valence electrons. The molecule has 0 spiro atoms. The van der Waals surface area contributed by atoms with Crippen LogP contribution in [0, 0.1) is 44.3 Å². The Balaban J connectivity index is 0.000000259. The van der Waals surface area contributed by atoms with Crippen LogP contribution in [0.15, 0.2) is 72.8 Å². The zero-order chi connectivity index (χ0) is 58.0. The fourth-order valence-corrected chi connectivity index (χ4v) is 10.5. The first-order chi connectivity index (χ1) is 37.1. The Morgan fingerprint density at radius 1 is 0.544 bits per heavy atom. The monoisotopic (exact) mass is 1090 g/mol. The normalized spacial score (nSPS) is 16.1. The number of halogens is 1. The van der Waals surface area contributed by atoms with Gasteiger partial charge in [-0.05, 0) is 180 Å². The maximum absolute atomic E-state index is 13.5. The van der Waals surface area contributed by atoms with E-state index in [0.717, 1.165) is 136 Å². The maximum atomic E-state index is 13.5. The molecule has 2 aliphatic heterocycles. The summed E-state index contributed by atoms with van der Waals surface area (Å²) >= 11 is 0. The first-order valence-corrected chi connectivity index (χ1v) is 28.6. The van der Waals surface area contributed by atoms with Crippen LogP contribution in [0.5, 0.6) is 11.5 Å². The molecule has 2 atom stereocenters. The molecule has 7 rings (SSSR count). The van der Waals surface area contributed by atoms with Crippen LogP contribution in [0.3, 0.4) is 0 Å². The van der Waals surface area contributed by atoms with Gasteiger partial charge in [0.1, 0.15) is 17.3 Å². The number of hydrogen-bond donors (Lipinski definition) is 0. The maximum Gasteiger partial charge on any atom is 0.340 e. The third-order valence-electron chi connectivity index (χ3n) is 14.7. The molecule has 2 fully saturated rings. The van der Waals surface area contributed by atoms with Crippen molar-refractivity contribution in [2.75, 3.05) is 62.4 Å². The number of carbonyl (C=O) groups excluding carboxylic acids is 2. The van der Waals surface area contributed by atoms with Crippen LogP contribution in [-0.4, -0.2) is 85.7 Å². The van der Waals surface area contributed by atoms with Crippen molar-refractivity contribution >= 4 is 23.3 Å². The van der Waals surface area contributed by atoms with Gasteiger partial charge in [-0.1, -0.05) is 64.1 Å². The van der Waals surface area contributed by atoms with Gasteiger partial charge in [0.15, 0.2) is 12.2 Å². The fraction of sp³-hybridized carbons (Fsp3) is 0.545. The molecule has 0 bridgehead atoms. The minimum absolute atomic E-state index is 0.240. The Labute approximate surface area is 472 Å². The van der Waals surface area contributed by atoms with E-state index in [2.05, 4.69) is 61.8 Å². The molecular weight excluding hydrogens is 996 g/mol. The average molecular weight is 1090 g/mol. The number of benzene rings is 3. The summed E-state index contributed by atoms with van der Waals surface area (Å²) in [6.45, 7) is 39.9. The smallest absolute Gasteiger partial charge is 0.340 e. The average Bonchev–Trinajstić information content (AvgIpc) is 3.47. The van der Waals surface area contributed by atoms with Gasteiger partial charge in [0.05, 0.1) is 49.0 Å². The molecule has 13 heteroatoms. The van der Waals surface area contributed by atoms with E-state index in [0.29, 0.717) is 26.2 Å². The van der Waals surface area contributed by atoms with Gasteiger partial charge in [-0.25, -0.2) is 14.0 Å². The predicted molar refractivity (Wildman–Crippen MR) is 316 cm³/mol. The Hall–Kier alpha value is -6.05. The number of esters is 2. The second-order valence-corrected chi connectivity index (χ2v) is 24.6. The molecule has 0 N–H and O–H groups in total. The molecule has 0 amide bonds. The molecule has 12 nitrogen and oxygen atoms in total. The van der Waals surface area contributed by atoms with E-state index >= 15 is 0 Å². The summed E-state index contributed by atoms with van der Waals surface area (Å²) < 4.78 is 48.9. The van der Waals surface area contributed by atoms with Crippen LogP contribution in [-0.2, 0) is 35.0 Å². The van der Waals surface area contributed by atoms with Crippen molar-refractivity contribution in [1.82, 2.24) is 9.97 Å². The number of anilines is 2. The van der Waals surface area contributed by atoms with Gasteiger partial charge in [-0.3, -0.25) is 9.97 Å². The van der Waals surface area contributed by atoms with Crippen molar-refractivity contribution < 1.29 is 42.4 Å². The lowest BCUT2D eigenvalue weighted by atomic mass is 9.81. The van der Waals surface area contributed by atoms with E-state index in [1.807, 2.05) is 114 Å². The number of aryl methyl sites for hydroxylation is 4. The molecular formula is C66H91FN4O8. The number of ether oxygens (including phenoxy) is 6. The number of rotatable bonds is 18. The number of aromatic nitrogens is 2. The topological polar surface area (TPSA) is 122 Å². The molecule has 0 radical (unpaired) electrons. The number of pyridine rings is 2. The first-order valence-electron chi connectivity index (χ1n) is 28.6. The van der Waals surface area contributed by atoms with Crippen LogP contribution < -0.4 is 19.3 Å². The number of nitrogens with zero attached hydrogens (tertiary/aromatic N) is 4. The lowest BCUT2D eigenvalue weighted by Gasteiger charge is -2.41. The van der Waals surface area contributed by atoms with Crippen LogP contribution in [0.1, 0.15) is 167 Å². The van der Waals surface area contributed by atoms with Gasteiger partial charge in [0.2, 0.25) is 0 Å². The molecule has 2 aromatic heterocycles. The molecule has 2 aliphatic rings. The first kappa shape index (κ1) is 62.2. The number of piperidine rings is 2. The summed E-state index contributed by atoms with van der Waals surface area (Å²) in [5, 5.41) is 0. The van der Waals surface area contributed by atoms with Gasteiger partial charge in [0.25, 0.3) is 0 Å². The minimum Gasteiger partial charge on any atom is -0.494 e. The summed E-state index contributed by atoms with van der Waals surface area (Å²) in [6.07, 6.45) is 3.12. The van der Waals surface area contributed by atoms with E-state index in [1.165, 1.54) is 12.1 Å². The van der Waals surface area contributed by atoms with E-state index < -0.39 is 29.4 Å². The molecule has 0 unspecified atom stereocenters. The molecule has 3 aromatic carbocycles. The molecule has 79 heavy (non-hydrogen) atoms. The van der Waals surface area contributed by atoms with Gasteiger partial charge < -0.3 is 38.2 Å². The Morgan fingerprint density at radius 2 is 0.911 bits per heavy atom. The van der Waals surface area contributed by atoms with E-state index in [9.17, 15) is 14.0 Å². The minimum atomic E-state index is -0.911. The van der Waals surface area contributed by atoms with Gasteiger partial charge in [-0.2, -0.15) is 0 Å². The van der Waals surface area contributed by atoms with Crippen molar-refractivity contribution in [3.63, 3.8) is 0 Å². The second-order valence-electron chi connectivity index (χ2n) is 24.6. The number of carbonyl (C=O) groups is 2. The quantitative estimate of drug-likeness (QED) is 0.0777. The largest absolute Gasteiger partial charge is 0.494 e. The lowest BCUT2D eigenvalue weighted by Crippen LogP contribution is -2.39. The van der Waals surface area contributed by atoms with E-state index in [4.69, 9.17) is 38.4 Å². The van der Waals surface area contributed by atoms with E-state index in [-0.39, 0.29) is 29.2 Å². The predicted octanol–water partition coefficient (Wildman–Crippen LogP) is 15.0. The molecule has 0 saturated carbocycles. The standard InChI is InChI=1S/C36H47FN2O4.C30H44N2O4/c1-9-41-34(40)33(43-35(4,5)6)31-25(3)38-24(2)30(32(31)39-21-19-36(7,8)20-22-39)27-12-16-29(17-13-27)42-23-18-26-10-14-28(37)15-11-26;1-10-34-23-14-12-22(13-15-23)24-20(3)31-21(4)25(26(24)32-18-16-30(8,9)17-19-32)27(28(33)35-11-2)36-29(5,6)7/h10-17,33H,9,18-23H2,1-8H3;12-15,27H,10-11,16-19H2,1-9H3/t33-;27-/m00/s1. The zero-order valence-corrected chi connectivity index (χ0v) is 50.7. The third kappa shape index (κ3) is 16.8. The Bertz CT molecular complexity index is 2810. The van der Waals surface area contributed by atoms with Crippen molar-refractivity contribution in [3.05, 3.63) is 118 Å². The van der Waals surface area contributed by atoms with Crippen LogP contribution >= 0.6 is 0 Å². The fourth-order valence-electron chi connectivity index (χ4n) is 10.5. The summed E-state index contributed by atoms with van der Waals surface area (Å²) in [5.41, 5.74) is 11.5. The summed E-state index contributed by atoms with van der Waals surface area (Å²) in [6, 6.07) is 22.7. The van der Waals surface area contributed by atoms with Crippen molar-refractivity contribution in [1.29, 1.82) is 0 Å². The Kier molecular flexibility index (Phi) is 20.8. The second kappa shape index (κ2) is 26.5. The van der Waals surface area contributed by atoms with Crippen LogP contribution in [0.2, 0.25) is 0 Å². The highest BCUT2D eigenvalue weighted by Gasteiger charge is 2.39. The molecule has 0 aliphatic carbocycles. The highest BCUT2D eigenvalue weighted by atomic mass is 19.1. The third-order valence-corrected chi connectivity index (χ3v) is 14.7. The number of hydrogen-bond acceptors (Lipinski definition) is 12. The molecule has 5 aromatic rings. The van der Waals surface area contributed by atoms with Gasteiger partial charge in [-0.15, -0.1) is 0 Å². The summed E-state index contributed by atoms with van der Waals surface area (Å²) in [5.74, 6) is 0.569. The van der Waals surface area contributed by atoms with E-state index in [1.54, 1.807) is 12.1 Å². The van der Waals surface area contributed by atoms with Gasteiger partial charge >= 0.3 is 11.9 Å². The van der Waals surface area contributed by atoms with Crippen LogP contribution in [0.4, 0.5) is 15.8 Å². The SMILES string of the molecule is CCOC(=O)[C@@H](OC(C)(C)C)c1c(C)nc(C)c(-c2ccc(OCC)cc2)c1N1CCC(C)(C)CC1.CCOC(=O)[C@@H](OC(C)(C)C)c1c(C)nc(C)c(-c2ccc(OCCc3ccc(F)cc3)cc2)c1N1CCC(C)(C)CC1. The van der Waals surface area contributed by atoms with Crippen molar-refractivity contribution in [3.8, 4) is 33.8 Å². The summed E-state index contributed by atoms with van der Waals surface area (Å²) in [4.78, 5) is 41.6. The Morgan fingerprint density at radius 3 is 1.25 bits per heavy atom. The summed E-state index contributed by atoms with van der Waals surface area (Å²) in [7, 11) is 0. The highest BCUT2D eigenvalue weighted by molar-refractivity contribution is 5.90. The lowest BCUT2D eigenvalue weighted by molar-refractivity contribution is -0.167. The van der Waals surface area contributed by atoms with Gasteiger partial charge in [0, 0.05) is 77.6 Å². The van der Waals surface area contributed by atoms with Crippen LogP contribution in [0.25, 0.3) is 22.3 Å². The van der Waals surface area contributed by atoms with Crippen molar-refractivity contribution in [2.24, 2.45) is 10.8 Å². The zero-order valence-electron chi connectivity index (χ0n) is 50.7. The highest BCUT2D eigenvalue weighted by Crippen LogP contribution is 2.47. The van der Waals surface area contributed by atoms with Crippen molar-refractivity contribution in [2.45, 2.75) is 173 Å². The molecule has 2 saturated heterocycles. The molecule has 4 heterocycles.